The zero-order chi connectivity index (χ0) is 31.5. The normalized spacial score (nSPS) is 27.8. The highest BCUT2D eigenvalue weighted by atomic mass is 16.7. The molecule has 0 aromatic heterocycles. The number of hydrogen-bond acceptors (Lipinski definition) is 7. The van der Waals surface area contributed by atoms with E-state index in [-0.39, 0.29) is 48.2 Å². The molecule has 2 amide bonds. The average molecular weight is 599 g/mol. The van der Waals surface area contributed by atoms with Gasteiger partial charge in [-0.1, -0.05) is 63.5 Å². The Kier molecular flexibility index (Phi) is 10.1. The SMILES string of the molecule is CC(C)C[C@H](NC(=O)[C@H](CCCN=C(N)N[N+](=O)[O-])NC(=O)[C@H](C)c1ccccc1)B1O[C@@H]2C[C@H]3C[C@H](C3(C)C)[C@]2(C)O1. The van der Waals surface area contributed by atoms with Crippen molar-refractivity contribution in [1.29, 1.82) is 0 Å². The number of amides is 2. The quantitative estimate of drug-likeness (QED) is 0.0671. The monoisotopic (exact) mass is 598 g/mol. The van der Waals surface area contributed by atoms with Crippen LogP contribution in [0.1, 0.15) is 85.1 Å². The number of carbonyl (C=O) groups excluding carboxylic acids is 2. The molecule has 3 aliphatic carbocycles. The Balaban J connectivity index is 1.47. The lowest BCUT2D eigenvalue weighted by atomic mass is 9.43. The molecule has 3 saturated carbocycles. The van der Waals surface area contributed by atoms with Crippen molar-refractivity contribution in [3.63, 3.8) is 0 Å². The standard InChI is InChI=1S/C30H47BN6O6/c1-18(2)15-25(31-42-24-17-21-16-23(29(21,4)5)30(24,6)43-31)35-27(39)22(13-10-14-33-28(32)36-37(40)41)34-26(38)19(3)20-11-8-7-9-12-20/h7-9,11-12,18-19,21-25H,10,13-17H2,1-6H3,(H,34,38)(H,35,39)(H3,32,33,36)/t19-,21-,22+,23-,24-,25+,30+/m1/s1. The van der Waals surface area contributed by atoms with Crippen LogP contribution in [0, 0.1) is 33.3 Å². The highest BCUT2D eigenvalue weighted by Gasteiger charge is 2.68. The first-order valence-electron chi connectivity index (χ1n) is 15.4. The van der Waals surface area contributed by atoms with Gasteiger partial charge in [0.05, 0.1) is 23.6 Å². The molecule has 1 aromatic rings. The minimum absolute atomic E-state index is 0.0147. The molecule has 5 N–H and O–H groups in total. The van der Waals surface area contributed by atoms with E-state index in [0.29, 0.717) is 24.7 Å². The Morgan fingerprint density at radius 1 is 1.14 bits per heavy atom. The van der Waals surface area contributed by atoms with Crippen LogP contribution in [0.25, 0.3) is 0 Å². The van der Waals surface area contributed by atoms with Crippen LogP contribution in [0.4, 0.5) is 0 Å². The van der Waals surface area contributed by atoms with Crippen LogP contribution in [0.2, 0.25) is 0 Å². The van der Waals surface area contributed by atoms with Gasteiger partial charge in [-0.25, -0.2) is 15.1 Å². The van der Waals surface area contributed by atoms with Gasteiger partial charge < -0.3 is 25.7 Å². The molecule has 0 unspecified atom stereocenters. The first-order chi connectivity index (χ1) is 20.2. The first kappa shape index (κ1) is 32.7. The second kappa shape index (κ2) is 13.2. The van der Waals surface area contributed by atoms with Crippen LogP contribution >= 0.6 is 0 Å². The van der Waals surface area contributed by atoms with E-state index in [9.17, 15) is 19.7 Å². The van der Waals surface area contributed by atoms with Crippen molar-refractivity contribution in [3.8, 4) is 0 Å². The van der Waals surface area contributed by atoms with Crippen LogP contribution in [0.3, 0.4) is 0 Å². The fourth-order valence-corrected chi connectivity index (χ4v) is 7.18. The number of rotatable bonds is 13. The largest absolute Gasteiger partial charge is 0.481 e. The summed E-state index contributed by atoms with van der Waals surface area (Å²) >= 11 is 0. The second-order valence-corrected chi connectivity index (χ2v) is 13.6. The molecule has 12 nitrogen and oxygen atoms in total. The molecule has 0 radical (unpaired) electrons. The van der Waals surface area contributed by atoms with Gasteiger partial charge in [0.1, 0.15) is 6.04 Å². The third-order valence-electron chi connectivity index (χ3n) is 9.82. The van der Waals surface area contributed by atoms with Crippen molar-refractivity contribution in [1.82, 2.24) is 16.1 Å². The summed E-state index contributed by atoms with van der Waals surface area (Å²) in [5.41, 5.74) is 7.96. The van der Waals surface area contributed by atoms with Gasteiger partial charge in [0, 0.05) is 6.54 Å². The molecule has 1 aromatic carbocycles. The number of hydrazine groups is 1. The smallest absolute Gasteiger partial charge is 0.404 e. The fraction of sp³-hybridized carbons (Fsp3) is 0.700. The van der Waals surface area contributed by atoms with E-state index in [1.807, 2.05) is 30.3 Å². The maximum atomic E-state index is 13.8. The first-order valence-corrected chi connectivity index (χ1v) is 15.4. The summed E-state index contributed by atoms with van der Waals surface area (Å²) in [4.78, 5) is 41.7. The van der Waals surface area contributed by atoms with Crippen molar-refractivity contribution >= 4 is 24.9 Å². The van der Waals surface area contributed by atoms with E-state index in [2.05, 4.69) is 50.2 Å². The van der Waals surface area contributed by atoms with Gasteiger partial charge in [0.2, 0.25) is 11.8 Å². The summed E-state index contributed by atoms with van der Waals surface area (Å²) in [6, 6.07) is 8.50. The lowest BCUT2D eigenvalue weighted by molar-refractivity contribution is -0.525. The Bertz CT molecular complexity index is 1200. The van der Waals surface area contributed by atoms with E-state index < -0.39 is 35.7 Å². The zero-order valence-electron chi connectivity index (χ0n) is 26.2. The highest BCUT2D eigenvalue weighted by Crippen LogP contribution is 2.65. The maximum absolute atomic E-state index is 13.8. The lowest BCUT2D eigenvalue weighted by Crippen LogP contribution is -2.65. The van der Waals surface area contributed by atoms with Crippen molar-refractivity contribution in [2.45, 2.75) is 103 Å². The fourth-order valence-electron chi connectivity index (χ4n) is 7.18. The molecule has 13 heteroatoms. The molecule has 4 aliphatic rings. The van der Waals surface area contributed by atoms with Crippen LogP contribution in [0.15, 0.2) is 35.3 Å². The molecule has 2 bridgehead atoms. The van der Waals surface area contributed by atoms with E-state index in [1.54, 1.807) is 12.3 Å². The molecule has 5 rings (SSSR count). The number of nitrogens with one attached hydrogen (secondary N) is 3. The molecule has 1 aliphatic heterocycles. The summed E-state index contributed by atoms with van der Waals surface area (Å²) in [6.07, 6.45) is 3.33. The highest BCUT2D eigenvalue weighted by molar-refractivity contribution is 6.48. The van der Waals surface area contributed by atoms with E-state index in [4.69, 9.17) is 15.0 Å². The van der Waals surface area contributed by atoms with E-state index in [0.717, 1.165) is 18.4 Å². The Labute approximate surface area is 254 Å². The van der Waals surface area contributed by atoms with Crippen LogP contribution < -0.4 is 21.8 Å². The predicted octanol–water partition coefficient (Wildman–Crippen LogP) is 2.95. The molecular weight excluding hydrogens is 551 g/mol. The van der Waals surface area contributed by atoms with Gasteiger partial charge in [0.25, 0.3) is 5.96 Å². The van der Waals surface area contributed by atoms with Gasteiger partial charge in [0.15, 0.2) is 5.03 Å². The minimum atomic E-state index is -0.862. The summed E-state index contributed by atoms with van der Waals surface area (Å²) < 4.78 is 13.2. The Hall–Kier alpha value is -3.19. The van der Waals surface area contributed by atoms with Crippen LogP contribution in [-0.2, 0) is 18.9 Å². The molecule has 1 saturated heterocycles. The number of hydrogen-bond donors (Lipinski definition) is 4. The number of carbonyl (C=O) groups is 2. The predicted molar refractivity (Wildman–Crippen MR) is 164 cm³/mol. The van der Waals surface area contributed by atoms with E-state index in [1.165, 1.54) is 0 Å². The van der Waals surface area contributed by atoms with Crippen molar-refractivity contribution in [2.24, 2.45) is 33.9 Å². The summed E-state index contributed by atoms with van der Waals surface area (Å²) in [5, 5.41) is 15.9. The number of guanidine groups is 1. The van der Waals surface area contributed by atoms with Crippen molar-refractivity contribution < 1.29 is 23.9 Å². The van der Waals surface area contributed by atoms with Gasteiger partial charge in [-0.05, 0) is 74.7 Å². The number of aliphatic imine (C=N–C) groups is 1. The van der Waals surface area contributed by atoms with Crippen LogP contribution in [-0.4, -0.2) is 60.2 Å². The minimum Gasteiger partial charge on any atom is -0.404 e. The molecule has 4 fully saturated rings. The summed E-state index contributed by atoms with van der Waals surface area (Å²) in [7, 11) is -0.589. The van der Waals surface area contributed by atoms with E-state index >= 15 is 0 Å². The Morgan fingerprint density at radius 2 is 1.84 bits per heavy atom. The topological polar surface area (TPSA) is 170 Å². The molecular formula is C30H47BN6O6. The molecule has 236 valence electrons. The zero-order valence-corrected chi connectivity index (χ0v) is 26.2. The van der Waals surface area contributed by atoms with Gasteiger partial charge in [-0.3, -0.25) is 9.59 Å². The Morgan fingerprint density at radius 3 is 2.47 bits per heavy atom. The lowest BCUT2D eigenvalue weighted by Gasteiger charge is -2.64. The number of nitro groups is 1. The third-order valence-corrected chi connectivity index (χ3v) is 9.82. The third kappa shape index (κ3) is 7.31. The van der Waals surface area contributed by atoms with Gasteiger partial charge in [-0.2, -0.15) is 0 Å². The molecule has 7 atom stereocenters. The maximum Gasteiger partial charge on any atom is 0.481 e. The summed E-state index contributed by atoms with van der Waals surface area (Å²) in [5.74, 6) is -0.547. The second-order valence-electron chi connectivity index (χ2n) is 13.6. The average Bonchev–Trinajstić information content (AvgIpc) is 3.30. The number of benzene rings is 1. The van der Waals surface area contributed by atoms with Gasteiger partial charge in [-0.15, -0.1) is 0 Å². The molecule has 1 heterocycles. The van der Waals surface area contributed by atoms with Gasteiger partial charge >= 0.3 is 7.12 Å². The van der Waals surface area contributed by atoms with Crippen molar-refractivity contribution in [2.75, 3.05) is 6.54 Å². The molecule has 0 spiro atoms. The number of nitrogens with zero attached hydrogens (tertiary/aromatic N) is 2. The summed E-state index contributed by atoms with van der Waals surface area (Å²) in [6.45, 7) is 12.9. The van der Waals surface area contributed by atoms with Crippen molar-refractivity contribution in [3.05, 3.63) is 46.0 Å². The van der Waals surface area contributed by atoms with Crippen LogP contribution in [0.5, 0.6) is 0 Å². The molecule has 43 heavy (non-hydrogen) atoms. The number of nitrogens with two attached hydrogens (primary N) is 1.